The zero-order chi connectivity index (χ0) is 8.81. The number of nitrogens with zero attached hydrogens (tertiary/aromatic N) is 1. The molecule has 0 unspecified atom stereocenters. The van der Waals surface area contributed by atoms with Gasteiger partial charge in [-0.15, -0.1) is 11.8 Å². The van der Waals surface area contributed by atoms with Crippen molar-refractivity contribution in [1.29, 1.82) is 0 Å². The van der Waals surface area contributed by atoms with Gasteiger partial charge in [-0.3, -0.25) is 4.79 Å². The molecule has 0 saturated heterocycles. The van der Waals surface area contributed by atoms with Crippen LogP contribution in [0.2, 0.25) is 0 Å². The van der Waals surface area contributed by atoms with Crippen LogP contribution in [0.3, 0.4) is 0 Å². The van der Waals surface area contributed by atoms with Gasteiger partial charge in [0.2, 0.25) is 0 Å². The van der Waals surface area contributed by atoms with Gasteiger partial charge in [-0.1, -0.05) is 0 Å². The molecule has 12 heavy (non-hydrogen) atoms. The zero-order valence-corrected chi connectivity index (χ0v) is 7.08. The Kier molecular flexibility index (Phi) is 3.16. The lowest BCUT2D eigenvalue weighted by Gasteiger charge is -1.99. The van der Waals surface area contributed by atoms with E-state index in [2.05, 4.69) is 11.8 Å². The van der Waals surface area contributed by atoms with Crippen molar-refractivity contribution in [2.24, 2.45) is 0 Å². The van der Waals surface area contributed by atoms with Gasteiger partial charge in [0.15, 0.2) is 6.29 Å². The number of aldehydes is 1. The summed E-state index contributed by atoms with van der Waals surface area (Å²) in [7, 11) is 0. The summed E-state index contributed by atoms with van der Waals surface area (Å²) in [6.45, 7) is 2.61. The molecule has 0 aliphatic rings. The van der Waals surface area contributed by atoms with Crippen LogP contribution in [0.1, 0.15) is 23.8 Å². The van der Waals surface area contributed by atoms with Gasteiger partial charge in [-0.05, 0) is 19.1 Å². The summed E-state index contributed by atoms with van der Waals surface area (Å²) in [4.78, 5) is 10.5. The van der Waals surface area contributed by atoms with E-state index in [0.717, 1.165) is 19.3 Å². The van der Waals surface area contributed by atoms with E-state index < -0.39 is 0 Å². The summed E-state index contributed by atoms with van der Waals surface area (Å²) in [5.74, 6) is 5.77. The second-order valence-corrected chi connectivity index (χ2v) is 2.42. The van der Waals surface area contributed by atoms with Crippen LogP contribution in [-0.2, 0) is 6.54 Å². The smallest absolute Gasteiger partial charge is 0.166 e. The summed E-state index contributed by atoms with van der Waals surface area (Å²) < 4.78 is 1.90. The molecule has 0 saturated carbocycles. The van der Waals surface area contributed by atoms with Gasteiger partial charge in [0.05, 0.1) is 5.69 Å². The minimum Gasteiger partial charge on any atom is -0.344 e. The lowest BCUT2D eigenvalue weighted by molar-refractivity contribution is 0.111. The van der Waals surface area contributed by atoms with E-state index in [-0.39, 0.29) is 0 Å². The average Bonchev–Trinajstić information content (AvgIpc) is 2.52. The maximum atomic E-state index is 10.5. The van der Waals surface area contributed by atoms with Gasteiger partial charge in [0, 0.05) is 19.2 Å². The first-order valence-corrected chi connectivity index (χ1v) is 3.88. The largest absolute Gasteiger partial charge is 0.344 e. The molecule has 0 radical (unpaired) electrons. The zero-order valence-electron chi connectivity index (χ0n) is 7.08. The van der Waals surface area contributed by atoms with Crippen LogP contribution in [0.4, 0.5) is 0 Å². The lowest BCUT2D eigenvalue weighted by atomic mass is 10.4. The lowest BCUT2D eigenvalue weighted by Crippen LogP contribution is -1.99. The maximum absolute atomic E-state index is 10.5. The fraction of sp³-hybridized carbons (Fsp3) is 0.300. The molecule has 0 aliphatic carbocycles. The number of hydrogen-bond acceptors (Lipinski definition) is 1. The Morgan fingerprint density at radius 1 is 1.67 bits per heavy atom. The molecule has 0 aliphatic heterocycles. The summed E-state index contributed by atoms with van der Waals surface area (Å²) in [6, 6.07) is 3.66. The number of carbonyl (C=O) groups excluding carboxylic acids is 1. The highest BCUT2D eigenvalue weighted by Crippen LogP contribution is 1.99. The van der Waals surface area contributed by atoms with Gasteiger partial charge in [0.1, 0.15) is 0 Å². The molecule has 2 nitrogen and oxygen atoms in total. The van der Waals surface area contributed by atoms with Gasteiger partial charge < -0.3 is 4.57 Å². The molecule has 1 aromatic heterocycles. The van der Waals surface area contributed by atoms with Crippen LogP contribution < -0.4 is 0 Å². The van der Waals surface area contributed by atoms with Gasteiger partial charge in [0.25, 0.3) is 0 Å². The van der Waals surface area contributed by atoms with Crippen LogP contribution in [0.25, 0.3) is 0 Å². The molecule has 0 fully saturated rings. The number of aromatic nitrogens is 1. The summed E-state index contributed by atoms with van der Waals surface area (Å²) in [5, 5.41) is 0. The van der Waals surface area contributed by atoms with E-state index in [1.54, 1.807) is 6.07 Å². The molecule has 0 atom stereocenters. The molecule has 0 spiro atoms. The van der Waals surface area contributed by atoms with Gasteiger partial charge >= 0.3 is 0 Å². The Morgan fingerprint density at radius 2 is 2.50 bits per heavy atom. The predicted octanol–water partition coefficient (Wildman–Crippen LogP) is 1.71. The standard InChI is InChI=1S/C10H11NO/c1-2-3-4-7-11-8-5-6-10(11)9-12/h5-6,8-9H,4,7H2,1H3. The molecule has 2 heteroatoms. The van der Waals surface area contributed by atoms with Gasteiger partial charge in [-0.2, -0.15) is 0 Å². The Bertz CT molecular complexity index is 314. The molecule has 1 rings (SSSR count). The predicted molar refractivity (Wildman–Crippen MR) is 47.9 cm³/mol. The minimum atomic E-state index is 0.716. The van der Waals surface area contributed by atoms with Crippen molar-refractivity contribution in [1.82, 2.24) is 4.57 Å². The Hall–Kier alpha value is -1.49. The molecular formula is C10H11NO. The molecule has 0 amide bonds. The van der Waals surface area contributed by atoms with Crippen molar-refractivity contribution >= 4 is 6.29 Å². The van der Waals surface area contributed by atoms with Crippen LogP contribution in [0.5, 0.6) is 0 Å². The van der Waals surface area contributed by atoms with Crippen molar-refractivity contribution in [2.45, 2.75) is 19.9 Å². The normalized spacial score (nSPS) is 8.75. The van der Waals surface area contributed by atoms with Crippen LogP contribution in [0, 0.1) is 11.8 Å². The van der Waals surface area contributed by atoms with Crippen molar-refractivity contribution < 1.29 is 4.79 Å². The Morgan fingerprint density at radius 3 is 3.17 bits per heavy atom. The highest BCUT2D eigenvalue weighted by atomic mass is 16.1. The van der Waals surface area contributed by atoms with E-state index in [1.807, 2.05) is 23.8 Å². The van der Waals surface area contributed by atoms with Crippen molar-refractivity contribution in [3.05, 3.63) is 24.0 Å². The van der Waals surface area contributed by atoms with Crippen LogP contribution >= 0.6 is 0 Å². The maximum Gasteiger partial charge on any atom is 0.166 e. The first kappa shape index (κ1) is 8.61. The third kappa shape index (κ3) is 2.00. The van der Waals surface area contributed by atoms with Crippen molar-refractivity contribution in [2.75, 3.05) is 0 Å². The molecule has 1 aromatic rings. The molecule has 1 heterocycles. The van der Waals surface area contributed by atoms with Crippen LogP contribution in [-0.4, -0.2) is 10.9 Å². The first-order valence-electron chi connectivity index (χ1n) is 3.88. The second-order valence-electron chi connectivity index (χ2n) is 2.42. The average molecular weight is 161 g/mol. The van der Waals surface area contributed by atoms with E-state index >= 15 is 0 Å². The molecule has 0 bridgehead atoms. The fourth-order valence-corrected chi connectivity index (χ4v) is 1.04. The minimum absolute atomic E-state index is 0.716. The molecule has 62 valence electrons. The topological polar surface area (TPSA) is 22.0 Å². The Balaban J connectivity index is 2.59. The third-order valence-electron chi connectivity index (χ3n) is 1.64. The van der Waals surface area contributed by atoms with E-state index in [1.165, 1.54) is 0 Å². The summed E-state index contributed by atoms with van der Waals surface area (Å²) in [5.41, 5.74) is 0.716. The Labute approximate surface area is 72.2 Å². The van der Waals surface area contributed by atoms with Crippen molar-refractivity contribution in [3.8, 4) is 11.8 Å². The molecule has 0 aromatic carbocycles. The number of carbonyl (C=O) groups is 1. The first-order chi connectivity index (χ1) is 5.88. The number of aryl methyl sites for hydroxylation is 1. The monoisotopic (exact) mass is 161 g/mol. The highest BCUT2D eigenvalue weighted by Gasteiger charge is 1.95. The van der Waals surface area contributed by atoms with E-state index in [9.17, 15) is 4.79 Å². The summed E-state index contributed by atoms with van der Waals surface area (Å²) in [6.07, 6.45) is 3.55. The van der Waals surface area contributed by atoms with Crippen molar-refractivity contribution in [3.63, 3.8) is 0 Å². The molecular weight excluding hydrogens is 150 g/mol. The second kappa shape index (κ2) is 4.40. The third-order valence-corrected chi connectivity index (χ3v) is 1.64. The van der Waals surface area contributed by atoms with Gasteiger partial charge in [-0.25, -0.2) is 0 Å². The number of hydrogen-bond donors (Lipinski definition) is 0. The highest BCUT2D eigenvalue weighted by molar-refractivity contribution is 5.72. The van der Waals surface area contributed by atoms with E-state index in [4.69, 9.17) is 0 Å². The van der Waals surface area contributed by atoms with Crippen LogP contribution in [0.15, 0.2) is 18.3 Å². The molecule has 0 N–H and O–H groups in total. The SMILES string of the molecule is CC#CCCn1cccc1C=O. The summed E-state index contributed by atoms with van der Waals surface area (Å²) >= 11 is 0. The fourth-order valence-electron chi connectivity index (χ4n) is 1.04. The van der Waals surface area contributed by atoms with E-state index in [0.29, 0.717) is 5.69 Å². The number of rotatable bonds is 3. The quantitative estimate of drug-likeness (QED) is 0.488.